The predicted molar refractivity (Wildman–Crippen MR) is 98.8 cm³/mol. The summed E-state index contributed by atoms with van der Waals surface area (Å²) < 4.78 is 13.8. The van der Waals surface area contributed by atoms with Gasteiger partial charge in [-0.25, -0.2) is 4.39 Å². The van der Waals surface area contributed by atoms with Gasteiger partial charge in [-0.15, -0.1) is 0 Å². The lowest BCUT2D eigenvalue weighted by atomic mass is 9.75. The molecule has 5 heteroatoms. The predicted octanol–water partition coefficient (Wildman–Crippen LogP) is 2.89. The Morgan fingerprint density at radius 2 is 1.85 bits per heavy atom. The number of nitrogens with zero attached hydrogens (tertiary/aromatic N) is 1. The summed E-state index contributed by atoms with van der Waals surface area (Å²) in [7, 11) is 1.80. The second-order valence-electron chi connectivity index (χ2n) is 7.10. The van der Waals surface area contributed by atoms with E-state index in [2.05, 4.69) is 5.32 Å². The molecule has 0 bridgehead atoms. The van der Waals surface area contributed by atoms with Crippen molar-refractivity contribution in [3.05, 3.63) is 71.5 Å². The number of benzene rings is 2. The lowest BCUT2D eigenvalue weighted by Crippen LogP contribution is -2.44. The third kappa shape index (κ3) is 4.68. The molecule has 1 aliphatic carbocycles. The first-order valence-corrected chi connectivity index (χ1v) is 8.97. The van der Waals surface area contributed by atoms with Crippen molar-refractivity contribution in [1.82, 2.24) is 10.2 Å². The second-order valence-corrected chi connectivity index (χ2v) is 7.10. The minimum Gasteiger partial charge on any atom is -0.393 e. The maximum Gasteiger partial charge on any atom is 0.234 e. The maximum atomic E-state index is 13.8. The highest BCUT2D eigenvalue weighted by Crippen LogP contribution is 2.37. The Bertz CT molecular complexity index is 732. The number of carbonyl (C=O) groups excluding carboxylic acids is 1. The van der Waals surface area contributed by atoms with Crippen LogP contribution >= 0.6 is 0 Å². The largest absolute Gasteiger partial charge is 0.393 e. The molecule has 0 heterocycles. The third-order valence-electron chi connectivity index (χ3n) is 4.91. The van der Waals surface area contributed by atoms with Crippen molar-refractivity contribution in [1.29, 1.82) is 0 Å². The van der Waals surface area contributed by atoms with E-state index in [4.69, 9.17) is 0 Å². The minimum atomic E-state index is -0.271. The van der Waals surface area contributed by atoms with Gasteiger partial charge in [-0.05, 0) is 37.4 Å². The molecule has 138 valence electrons. The Balaban J connectivity index is 1.60. The molecule has 0 aliphatic heterocycles. The number of rotatable bonds is 7. The van der Waals surface area contributed by atoms with E-state index in [1.54, 1.807) is 30.1 Å². The molecule has 1 saturated carbocycles. The molecule has 1 atom stereocenters. The Labute approximate surface area is 153 Å². The molecule has 1 aliphatic rings. The van der Waals surface area contributed by atoms with E-state index in [-0.39, 0.29) is 36.3 Å². The van der Waals surface area contributed by atoms with E-state index < -0.39 is 0 Å². The van der Waals surface area contributed by atoms with E-state index >= 15 is 0 Å². The van der Waals surface area contributed by atoms with Gasteiger partial charge in [-0.3, -0.25) is 9.69 Å². The number of hydrogen-bond acceptors (Lipinski definition) is 3. The van der Waals surface area contributed by atoms with Crippen molar-refractivity contribution in [2.24, 2.45) is 5.92 Å². The zero-order valence-electron chi connectivity index (χ0n) is 14.9. The molecule has 1 fully saturated rings. The summed E-state index contributed by atoms with van der Waals surface area (Å²) in [5, 5.41) is 12.7. The van der Waals surface area contributed by atoms with E-state index in [1.165, 1.54) is 6.07 Å². The highest BCUT2D eigenvalue weighted by Gasteiger charge is 2.35. The molecule has 3 rings (SSSR count). The summed E-state index contributed by atoms with van der Waals surface area (Å²) in [6, 6.07) is 16.3. The lowest BCUT2D eigenvalue weighted by molar-refractivity contribution is -0.124. The Hall–Kier alpha value is -2.24. The summed E-state index contributed by atoms with van der Waals surface area (Å²) in [4.78, 5) is 14.3. The van der Waals surface area contributed by atoms with Crippen LogP contribution in [0.15, 0.2) is 54.6 Å². The van der Waals surface area contributed by atoms with Crippen molar-refractivity contribution in [2.75, 3.05) is 13.6 Å². The molecule has 0 saturated heterocycles. The van der Waals surface area contributed by atoms with Crippen LogP contribution in [0.2, 0.25) is 0 Å². The molecule has 2 N–H and O–H groups in total. The fourth-order valence-electron chi connectivity index (χ4n) is 3.47. The normalized spacial score (nSPS) is 20.5. The number of hydrogen-bond donors (Lipinski definition) is 2. The topological polar surface area (TPSA) is 52.6 Å². The smallest absolute Gasteiger partial charge is 0.234 e. The van der Waals surface area contributed by atoms with Crippen LogP contribution in [0.3, 0.4) is 0 Å². The molecular weight excluding hydrogens is 331 g/mol. The average Bonchev–Trinajstić information content (AvgIpc) is 2.60. The highest BCUT2D eigenvalue weighted by atomic mass is 19.1. The molecule has 4 nitrogen and oxygen atoms in total. The minimum absolute atomic E-state index is 0.0981. The third-order valence-corrected chi connectivity index (χ3v) is 4.91. The van der Waals surface area contributed by atoms with Gasteiger partial charge in [-0.2, -0.15) is 0 Å². The zero-order chi connectivity index (χ0) is 18.5. The molecule has 0 spiro atoms. The molecule has 1 amide bonds. The SMILES string of the molecule is CN(CC(=O)N[C@@H](c1ccccc1)C1CC(O)C1)Cc1ccccc1F. The van der Waals surface area contributed by atoms with Gasteiger partial charge in [0, 0.05) is 12.1 Å². The fraction of sp³-hybridized carbons (Fsp3) is 0.381. The Kier molecular flexibility index (Phi) is 6.01. The Morgan fingerprint density at radius 1 is 1.19 bits per heavy atom. The first-order valence-electron chi connectivity index (χ1n) is 8.97. The first kappa shape index (κ1) is 18.5. The molecule has 0 aromatic heterocycles. The van der Waals surface area contributed by atoms with Gasteiger partial charge in [-0.1, -0.05) is 48.5 Å². The van der Waals surface area contributed by atoms with Crippen molar-refractivity contribution >= 4 is 5.91 Å². The first-order chi connectivity index (χ1) is 12.5. The van der Waals surface area contributed by atoms with Crippen LogP contribution in [0.25, 0.3) is 0 Å². The summed E-state index contributed by atoms with van der Waals surface area (Å²) in [5.41, 5.74) is 1.62. The number of likely N-dealkylation sites (N-methyl/N-ethyl adjacent to an activating group) is 1. The van der Waals surface area contributed by atoms with Crippen LogP contribution in [0.1, 0.15) is 30.0 Å². The monoisotopic (exact) mass is 356 g/mol. The standard InChI is InChI=1S/C21H25FN2O2/c1-24(13-16-9-5-6-10-19(16)22)14-20(26)23-21(17-11-18(25)12-17)15-7-3-2-4-8-15/h2-10,17-18,21,25H,11-14H2,1H3,(H,23,26)/t17?,18?,21-/m0/s1. The molecule has 26 heavy (non-hydrogen) atoms. The number of nitrogens with one attached hydrogen (secondary N) is 1. The zero-order valence-corrected chi connectivity index (χ0v) is 14.9. The summed E-state index contributed by atoms with van der Waals surface area (Å²) in [5.74, 6) is -0.113. The highest BCUT2D eigenvalue weighted by molar-refractivity contribution is 5.78. The summed E-state index contributed by atoms with van der Waals surface area (Å²) in [6.45, 7) is 0.561. The summed E-state index contributed by atoms with van der Waals surface area (Å²) >= 11 is 0. The number of aliphatic hydroxyl groups is 1. The van der Waals surface area contributed by atoms with Gasteiger partial charge in [0.1, 0.15) is 5.82 Å². The molecular formula is C21H25FN2O2. The van der Waals surface area contributed by atoms with Crippen molar-refractivity contribution < 1.29 is 14.3 Å². The fourth-order valence-corrected chi connectivity index (χ4v) is 3.47. The van der Waals surface area contributed by atoms with Gasteiger partial charge >= 0.3 is 0 Å². The maximum absolute atomic E-state index is 13.8. The van der Waals surface area contributed by atoms with E-state index in [1.807, 2.05) is 30.3 Å². The van der Waals surface area contributed by atoms with Gasteiger partial charge in [0.05, 0.1) is 18.7 Å². The van der Waals surface area contributed by atoms with Gasteiger partial charge in [0.25, 0.3) is 0 Å². The molecule has 0 unspecified atom stereocenters. The van der Waals surface area contributed by atoms with Gasteiger partial charge in [0.15, 0.2) is 0 Å². The average molecular weight is 356 g/mol. The number of aliphatic hydroxyl groups excluding tert-OH is 1. The lowest BCUT2D eigenvalue weighted by Gasteiger charge is -2.38. The quantitative estimate of drug-likeness (QED) is 0.802. The van der Waals surface area contributed by atoms with E-state index in [0.717, 1.165) is 5.56 Å². The van der Waals surface area contributed by atoms with Gasteiger partial charge < -0.3 is 10.4 Å². The van der Waals surface area contributed by atoms with Gasteiger partial charge in [0.2, 0.25) is 5.91 Å². The van der Waals surface area contributed by atoms with Crippen LogP contribution < -0.4 is 5.32 Å². The summed E-state index contributed by atoms with van der Waals surface area (Å²) in [6.07, 6.45) is 1.13. The molecule has 0 radical (unpaired) electrons. The van der Waals surface area contributed by atoms with Crippen molar-refractivity contribution in [3.63, 3.8) is 0 Å². The van der Waals surface area contributed by atoms with Crippen LogP contribution in [0.5, 0.6) is 0 Å². The van der Waals surface area contributed by atoms with Crippen LogP contribution in [0, 0.1) is 11.7 Å². The van der Waals surface area contributed by atoms with Crippen molar-refractivity contribution in [3.8, 4) is 0 Å². The van der Waals surface area contributed by atoms with Crippen LogP contribution in [-0.2, 0) is 11.3 Å². The number of amides is 1. The number of halogens is 1. The second kappa shape index (κ2) is 8.43. The molecule has 2 aromatic carbocycles. The van der Waals surface area contributed by atoms with Crippen molar-refractivity contribution in [2.45, 2.75) is 31.5 Å². The van der Waals surface area contributed by atoms with E-state index in [0.29, 0.717) is 24.9 Å². The van der Waals surface area contributed by atoms with Crippen LogP contribution in [0.4, 0.5) is 4.39 Å². The van der Waals surface area contributed by atoms with E-state index in [9.17, 15) is 14.3 Å². The van der Waals surface area contributed by atoms with Crippen LogP contribution in [-0.4, -0.2) is 35.6 Å². The number of carbonyl (C=O) groups is 1. The Morgan fingerprint density at radius 3 is 2.50 bits per heavy atom. The molecule has 2 aromatic rings.